The first-order chi connectivity index (χ1) is 10.0. The smallest absolute Gasteiger partial charge is 0.310 e. The summed E-state index contributed by atoms with van der Waals surface area (Å²) in [5, 5.41) is 0.532. The highest BCUT2D eigenvalue weighted by Crippen LogP contribution is 2.11. The lowest BCUT2D eigenvalue weighted by atomic mass is 10.0. The van der Waals surface area contributed by atoms with Gasteiger partial charge in [-0.15, -0.1) is 0 Å². The SMILES string of the molecule is COC(=O)C(C[C@H](C)N)Cn1cnc2ccccc2c1=O. The minimum Gasteiger partial charge on any atom is -0.469 e. The molecule has 6 nitrogen and oxygen atoms in total. The molecule has 0 spiro atoms. The molecular weight excluding hydrogens is 270 g/mol. The monoisotopic (exact) mass is 289 g/mol. The van der Waals surface area contributed by atoms with Crippen LogP contribution in [0.4, 0.5) is 0 Å². The first-order valence-electron chi connectivity index (χ1n) is 6.80. The minimum absolute atomic E-state index is 0.154. The number of carbonyl (C=O) groups excluding carboxylic acids is 1. The zero-order valence-corrected chi connectivity index (χ0v) is 12.2. The van der Waals surface area contributed by atoms with Gasteiger partial charge in [0.15, 0.2) is 0 Å². The molecule has 2 N–H and O–H groups in total. The number of nitrogens with two attached hydrogens (primary N) is 1. The molecule has 21 heavy (non-hydrogen) atoms. The van der Waals surface area contributed by atoms with Gasteiger partial charge in [0.2, 0.25) is 0 Å². The van der Waals surface area contributed by atoms with Gasteiger partial charge in [-0.25, -0.2) is 4.98 Å². The summed E-state index contributed by atoms with van der Waals surface area (Å²) in [5.41, 5.74) is 6.23. The summed E-state index contributed by atoms with van der Waals surface area (Å²) in [5.74, 6) is -0.831. The van der Waals surface area contributed by atoms with E-state index in [-0.39, 0.29) is 24.1 Å². The van der Waals surface area contributed by atoms with Crippen LogP contribution in [0.3, 0.4) is 0 Å². The number of hydrogen-bond donors (Lipinski definition) is 1. The average molecular weight is 289 g/mol. The van der Waals surface area contributed by atoms with Gasteiger partial charge in [-0.3, -0.25) is 14.2 Å². The van der Waals surface area contributed by atoms with E-state index in [0.717, 1.165) is 0 Å². The molecule has 1 aromatic heterocycles. The van der Waals surface area contributed by atoms with E-state index in [0.29, 0.717) is 17.3 Å². The molecule has 6 heteroatoms. The van der Waals surface area contributed by atoms with Gasteiger partial charge in [0.25, 0.3) is 5.56 Å². The Labute approximate surface area is 122 Å². The molecule has 1 aromatic carbocycles. The maximum absolute atomic E-state index is 12.4. The third-order valence-electron chi connectivity index (χ3n) is 3.34. The molecule has 0 aliphatic heterocycles. The molecule has 112 valence electrons. The molecule has 2 atom stereocenters. The van der Waals surface area contributed by atoms with Crippen LogP contribution in [0, 0.1) is 5.92 Å². The zero-order chi connectivity index (χ0) is 15.4. The molecule has 1 unspecified atom stereocenters. The third kappa shape index (κ3) is 3.46. The minimum atomic E-state index is -0.462. The van der Waals surface area contributed by atoms with Crippen molar-refractivity contribution in [1.29, 1.82) is 0 Å². The fourth-order valence-electron chi connectivity index (χ4n) is 2.33. The summed E-state index contributed by atoms with van der Waals surface area (Å²) in [6.07, 6.45) is 1.91. The van der Waals surface area contributed by atoms with Gasteiger partial charge < -0.3 is 10.5 Å². The Morgan fingerprint density at radius 2 is 2.14 bits per heavy atom. The fourth-order valence-corrected chi connectivity index (χ4v) is 2.33. The van der Waals surface area contributed by atoms with Crippen LogP contribution in [0.15, 0.2) is 35.4 Å². The number of para-hydroxylation sites is 1. The number of fused-ring (bicyclic) bond motifs is 1. The predicted octanol–water partition coefficient (Wildman–Crippen LogP) is 0.923. The van der Waals surface area contributed by atoms with E-state index in [2.05, 4.69) is 4.98 Å². The van der Waals surface area contributed by atoms with E-state index in [9.17, 15) is 9.59 Å². The number of hydrogen-bond acceptors (Lipinski definition) is 5. The number of ether oxygens (including phenoxy) is 1. The highest BCUT2D eigenvalue weighted by molar-refractivity contribution is 5.77. The number of rotatable bonds is 5. The highest BCUT2D eigenvalue weighted by atomic mass is 16.5. The van der Waals surface area contributed by atoms with Crippen molar-refractivity contribution in [3.05, 3.63) is 40.9 Å². The normalized spacial score (nSPS) is 13.9. The Balaban J connectivity index is 2.34. The lowest BCUT2D eigenvalue weighted by Crippen LogP contribution is -2.32. The molecule has 2 aromatic rings. The van der Waals surface area contributed by atoms with E-state index in [1.54, 1.807) is 18.2 Å². The Kier molecular flexibility index (Phi) is 4.70. The summed E-state index contributed by atoms with van der Waals surface area (Å²) in [7, 11) is 1.33. The van der Waals surface area contributed by atoms with Gasteiger partial charge in [-0.05, 0) is 25.5 Å². The Morgan fingerprint density at radius 3 is 2.81 bits per heavy atom. The standard InChI is InChI=1S/C15H19N3O3/c1-10(16)7-11(15(20)21-2)8-18-9-17-13-6-4-3-5-12(13)14(18)19/h3-6,9-11H,7-8,16H2,1-2H3/t10-,11?/m0/s1. The van der Waals surface area contributed by atoms with Crippen molar-refractivity contribution in [1.82, 2.24) is 9.55 Å². The third-order valence-corrected chi connectivity index (χ3v) is 3.34. The molecule has 0 saturated heterocycles. The van der Waals surface area contributed by atoms with Crippen molar-refractivity contribution < 1.29 is 9.53 Å². The van der Waals surface area contributed by atoms with E-state index in [4.69, 9.17) is 10.5 Å². The van der Waals surface area contributed by atoms with Crippen molar-refractivity contribution in [2.45, 2.75) is 25.9 Å². The van der Waals surface area contributed by atoms with Crippen LogP contribution in [-0.2, 0) is 16.1 Å². The Morgan fingerprint density at radius 1 is 1.43 bits per heavy atom. The van der Waals surface area contributed by atoms with Crippen LogP contribution < -0.4 is 11.3 Å². The number of carbonyl (C=O) groups is 1. The zero-order valence-electron chi connectivity index (χ0n) is 12.2. The first kappa shape index (κ1) is 15.2. The lowest BCUT2D eigenvalue weighted by Gasteiger charge is -2.17. The molecular formula is C15H19N3O3. The Hall–Kier alpha value is -2.21. The number of esters is 1. The van der Waals surface area contributed by atoms with Crippen molar-refractivity contribution in [2.75, 3.05) is 7.11 Å². The first-order valence-corrected chi connectivity index (χ1v) is 6.80. The van der Waals surface area contributed by atoms with E-state index < -0.39 is 5.92 Å². The summed E-state index contributed by atoms with van der Waals surface area (Å²) in [6, 6.07) is 6.96. The summed E-state index contributed by atoms with van der Waals surface area (Å²) < 4.78 is 6.22. The van der Waals surface area contributed by atoms with Crippen LogP contribution in [0.1, 0.15) is 13.3 Å². The maximum atomic E-state index is 12.4. The van der Waals surface area contributed by atoms with Crippen LogP contribution in [0.2, 0.25) is 0 Å². The molecule has 0 aliphatic rings. The quantitative estimate of drug-likeness (QED) is 0.827. The largest absolute Gasteiger partial charge is 0.469 e. The number of aromatic nitrogens is 2. The molecule has 0 amide bonds. The number of benzene rings is 1. The topological polar surface area (TPSA) is 87.2 Å². The maximum Gasteiger partial charge on any atom is 0.310 e. The van der Waals surface area contributed by atoms with E-state index >= 15 is 0 Å². The van der Waals surface area contributed by atoms with Crippen molar-refractivity contribution >= 4 is 16.9 Å². The summed E-state index contributed by atoms with van der Waals surface area (Å²) in [4.78, 5) is 28.5. The highest BCUT2D eigenvalue weighted by Gasteiger charge is 2.22. The summed E-state index contributed by atoms with van der Waals surface area (Å²) in [6.45, 7) is 2.03. The molecule has 0 saturated carbocycles. The Bertz CT molecular complexity index is 694. The second-order valence-electron chi connectivity index (χ2n) is 5.15. The summed E-state index contributed by atoms with van der Waals surface area (Å²) >= 11 is 0. The van der Waals surface area contributed by atoms with Gasteiger partial charge in [0.05, 0.1) is 30.3 Å². The van der Waals surface area contributed by atoms with Crippen molar-refractivity contribution in [3.8, 4) is 0 Å². The fraction of sp³-hybridized carbons (Fsp3) is 0.400. The van der Waals surface area contributed by atoms with Gasteiger partial charge in [-0.2, -0.15) is 0 Å². The van der Waals surface area contributed by atoms with Crippen LogP contribution in [-0.4, -0.2) is 28.7 Å². The van der Waals surface area contributed by atoms with Gasteiger partial charge >= 0.3 is 5.97 Å². The molecule has 0 aliphatic carbocycles. The van der Waals surface area contributed by atoms with E-state index in [1.165, 1.54) is 18.0 Å². The number of methoxy groups -OCH3 is 1. The molecule has 2 rings (SSSR count). The second-order valence-corrected chi connectivity index (χ2v) is 5.15. The molecule has 0 bridgehead atoms. The van der Waals surface area contributed by atoms with E-state index in [1.807, 2.05) is 13.0 Å². The van der Waals surface area contributed by atoms with Gasteiger partial charge in [-0.1, -0.05) is 12.1 Å². The molecule has 0 fully saturated rings. The van der Waals surface area contributed by atoms with Crippen LogP contribution >= 0.6 is 0 Å². The molecule has 0 radical (unpaired) electrons. The van der Waals surface area contributed by atoms with Crippen LogP contribution in [0.25, 0.3) is 10.9 Å². The second kappa shape index (κ2) is 6.49. The molecule has 1 heterocycles. The van der Waals surface area contributed by atoms with Crippen molar-refractivity contribution in [3.63, 3.8) is 0 Å². The lowest BCUT2D eigenvalue weighted by molar-refractivity contribution is -0.146. The van der Waals surface area contributed by atoms with Gasteiger partial charge in [0, 0.05) is 12.6 Å². The number of nitrogens with zero attached hydrogens (tertiary/aromatic N) is 2. The van der Waals surface area contributed by atoms with Crippen molar-refractivity contribution in [2.24, 2.45) is 11.7 Å². The average Bonchev–Trinajstić information content (AvgIpc) is 2.48. The van der Waals surface area contributed by atoms with Gasteiger partial charge in [0.1, 0.15) is 0 Å². The van der Waals surface area contributed by atoms with Crippen LogP contribution in [0.5, 0.6) is 0 Å². The predicted molar refractivity (Wildman–Crippen MR) is 79.8 cm³/mol.